The molecule has 0 bridgehead atoms. The fraction of sp³-hybridized carbons (Fsp3) is 0.391. The highest BCUT2D eigenvalue weighted by Crippen LogP contribution is 2.17. The molecule has 0 aliphatic carbocycles. The lowest BCUT2D eigenvalue weighted by molar-refractivity contribution is -0.124. The number of amides is 1. The highest BCUT2D eigenvalue weighted by Gasteiger charge is 2.21. The first kappa shape index (κ1) is 19.5. The van der Waals surface area contributed by atoms with E-state index in [0.717, 1.165) is 12.1 Å². The number of carbonyl (C=O) groups is 1. The number of oxazole rings is 1. The lowest BCUT2D eigenvalue weighted by Crippen LogP contribution is -2.34. The Morgan fingerprint density at radius 2 is 1.72 bits per heavy atom. The second-order valence-electron chi connectivity index (χ2n) is 7.75. The van der Waals surface area contributed by atoms with Crippen molar-refractivity contribution >= 4 is 17.0 Å². The highest BCUT2D eigenvalue weighted by atomic mass is 16.4. The SMILES string of the molecule is CC(C(=O)NCc1ccc(CN2CCCCC2)cc1)n1c(=O)oc2ccccc21. The minimum absolute atomic E-state index is 0.212. The van der Waals surface area contributed by atoms with E-state index in [1.54, 1.807) is 25.1 Å². The van der Waals surface area contributed by atoms with Crippen LogP contribution in [0, 0.1) is 0 Å². The molecule has 1 saturated heterocycles. The van der Waals surface area contributed by atoms with Gasteiger partial charge in [-0.3, -0.25) is 14.3 Å². The number of fused-ring (bicyclic) bond motifs is 1. The van der Waals surface area contributed by atoms with Crippen molar-refractivity contribution in [3.8, 4) is 0 Å². The van der Waals surface area contributed by atoms with Gasteiger partial charge in [0, 0.05) is 13.1 Å². The van der Waals surface area contributed by atoms with Crippen LogP contribution in [0.4, 0.5) is 0 Å². The second kappa shape index (κ2) is 8.66. The molecule has 2 aromatic carbocycles. The average Bonchev–Trinajstić information content (AvgIpc) is 3.09. The number of rotatable bonds is 6. The standard InChI is InChI=1S/C23H27N3O3/c1-17(26-20-7-3-4-8-21(20)29-23(26)28)22(27)24-15-18-9-11-19(12-10-18)16-25-13-5-2-6-14-25/h3-4,7-12,17H,2,5-6,13-16H2,1H3,(H,24,27). The average molecular weight is 393 g/mol. The van der Waals surface area contributed by atoms with Crippen LogP contribution in [0.1, 0.15) is 43.4 Å². The van der Waals surface area contributed by atoms with Crippen LogP contribution < -0.4 is 11.1 Å². The number of likely N-dealkylation sites (tertiary alicyclic amines) is 1. The fourth-order valence-corrected chi connectivity index (χ4v) is 3.94. The van der Waals surface area contributed by atoms with E-state index in [1.165, 1.54) is 42.5 Å². The van der Waals surface area contributed by atoms with Gasteiger partial charge in [0.2, 0.25) is 5.91 Å². The molecule has 6 nitrogen and oxygen atoms in total. The van der Waals surface area contributed by atoms with Crippen LogP contribution in [0.2, 0.25) is 0 Å². The predicted octanol–water partition coefficient (Wildman–Crippen LogP) is 3.46. The molecule has 1 aromatic heterocycles. The Labute approximate surface area is 170 Å². The summed E-state index contributed by atoms with van der Waals surface area (Å²) in [6.45, 7) is 5.48. The smallest absolute Gasteiger partial charge is 0.408 e. The quantitative estimate of drug-likeness (QED) is 0.696. The molecule has 0 spiro atoms. The van der Waals surface area contributed by atoms with Gasteiger partial charge in [-0.1, -0.05) is 42.8 Å². The molecule has 1 aliphatic rings. The third kappa shape index (κ3) is 4.43. The van der Waals surface area contributed by atoms with Crippen molar-refractivity contribution in [3.63, 3.8) is 0 Å². The molecule has 1 fully saturated rings. The molecular weight excluding hydrogens is 366 g/mol. The number of hydrogen-bond acceptors (Lipinski definition) is 4. The Morgan fingerprint density at radius 1 is 1.03 bits per heavy atom. The summed E-state index contributed by atoms with van der Waals surface area (Å²) in [4.78, 5) is 27.3. The summed E-state index contributed by atoms with van der Waals surface area (Å²) < 4.78 is 6.63. The zero-order valence-corrected chi connectivity index (χ0v) is 16.8. The summed E-state index contributed by atoms with van der Waals surface area (Å²) in [6.07, 6.45) is 3.92. The molecule has 1 unspecified atom stereocenters. The van der Waals surface area contributed by atoms with Crippen LogP contribution in [-0.2, 0) is 17.9 Å². The minimum Gasteiger partial charge on any atom is -0.408 e. The summed E-state index contributed by atoms with van der Waals surface area (Å²) in [7, 11) is 0. The molecule has 0 saturated carbocycles. The van der Waals surface area contributed by atoms with E-state index < -0.39 is 11.8 Å². The highest BCUT2D eigenvalue weighted by molar-refractivity contribution is 5.82. The number of hydrogen-bond donors (Lipinski definition) is 1. The van der Waals surface area contributed by atoms with Crippen molar-refractivity contribution in [2.75, 3.05) is 13.1 Å². The van der Waals surface area contributed by atoms with Crippen molar-refractivity contribution in [2.24, 2.45) is 0 Å². The monoisotopic (exact) mass is 393 g/mol. The maximum Gasteiger partial charge on any atom is 0.420 e. The summed E-state index contributed by atoms with van der Waals surface area (Å²) in [5, 5.41) is 2.93. The topological polar surface area (TPSA) is 67.5 Å². The summed E-state index contributed by atoms with van der Waals surface area (Å²) in [6, 6.07) is 14.9. The van der Waals surface area contributed by atoms with E-state index in [1.807, 2.05) is 6.07 Å². The number of nitrogens with zero attached hydrogens (tertiary/aromatic N) is 2. The van der Waals surface area contributed by atoms with E-state index in [-0.39, 0.29) is 5.91 Å². The van der Waals surface area contributed by atoms with Gasteiger partial charge in [0.05, 0.1) is 5.52 Å². The molecule has 1 N–H and O–H groups in total. The van der Waals surface area contributed by atoms with Gasteiger partial charge >= 0.3 is 5.76 Å². The number of carbonyl (C=O) groups excluding carboxylic acids is 1. The van der Waals surface area contributed by atoms with E-state index in [0.29, 0.717) is 17.6 Å². The second-order valence-corrected chi connectivity index (χ2v) is 7.75. The maximum atomic E-state index is 12.6. The molecule has 29 heavy (non-hydrogen) atoms. The van der Waals surface area contributed by atoms with Crippen molar-refractivity contribution in [1.82, 2.24) is 14.8 Å². The van der Waals surface area contributed by atoms with Gasteiger partial charge in [0.25, 0.3) is 0 Å². The van der Waals surface area contributed by atoms with E-state index in [4.69, 9.17) is 4.42 Å². The molecule has 2 heterocycles. The zero-order chi connectivity index (χ0) is 20.2. The van der Waals surface area contributed by atoms with Crippen LogP contribution >= 0.6 is 0 Å². The molecule has 6 heteroatoms. The lowest BCUT2D eigenvalue weighted by atomic mass is 10.1. The third-order valence-corrected chi connectivity index (χ3v) is 5.63. The first-order valence-electron chi connectivity index (χ1n) is 10.3. The Kier molecular flexibility index (Phi) is 5.81. The van der Waals surface area contributed by atoms with Crippen molar-refractivity contribution in [1.29, 1.82) is 0 Å². The first-order chi connectivity index (χ1) is 14.1. The molecule has 0 radical (unpaired) electrons. The van der Waals surface area contributed by atoms with Crippen molar-refractivity contribution in [3.05, 3.63) is 70.2 Å². The summed E-state index contributed by atoms with van der Waals surface area (Å²) in [5.41, 5.74) is 3.45. The Morgan fingerprint density at radius 3 is 2.48 bits per heavy atom. The van der Waals surface area contributed by atoms with Crippen LogP contribution in [0.5, 0.6) is 0 Å². The van der Waals surface area contributed by atoms with E-state index in [9.17, 15) is 9.59 Å². The molecule has 4 rings (SSSR count). The summed E-state index contributed by atoms with van der Waals surface area (Å²) in [5.74, 6) is -0.730. The van der Waals surface area contributed by atoms with Gasteiger partial charge in [-0.15, -0.1) is 0 Å². The molecule has 1 aliphatic heterocycles. The van der Waals surface area contributed by atoms with Gasteiger partial charge < -0.3 is 9.73 Å². The normalized spacial score (nSPS) is 16.0. The van der Waals surface area contributed by atoms with Crippen LogP contribution in [-0.4, -0.2) is 28.5 Å². The number of piperidine rings is 1. The minimum atomic E-state index is -0.649. The van der Waals surface area contributed by atoms with Gasteiger partial charge in [-0.05, 0) is 56.1 Å². The number of benzene rings is 2. The Bertz CT molecular complexity index is 1030. The first-order valence-corrected chi connectivity index (χ1v) is 10.3. The van der Waals surface area contributed by atoms with Gasteiger partial charge in [0.15, 0.2) is 5.58 Å². The molecule has 1 amide bonds. The van der Waals surface area contributed by atoms with Crippen LogP contribution in [0.15, 0.2) is 57.7 Å². The Hall–Kier alpha value is -2.86. The maximum absolute atomic E-state index is 12.6. The van der Waals surface area contributed by atoms with Gasteiger partial charge in [-0.2, -0.15) is 0 Å². The van der Waals surface area contributed by atoms with Gasteiger partial charge in [0.1, 0.15) is 6.04 Å². The fourth-order valence-electron chi connectivity index (χ4n) is 3.94. The number of aromatic nitrogens is 1. The number of para-hydroxylation sites is 2. The zero-order valence-electron chi connectivity index (χ0n) is 16.8. The largest absolute Gasteiger partial charge is 0.420 e. The van der Waals surface area contributed by atoms with Gasteiger partial charge in [-0.25, -0.2) is 4.79 Å². The van der Waals surface area contributed by atoms with Crippen molar-refractivity contribution < 1.29 is 9.21 Å². The Balaban J connectivity index is 1.36. The van der Waals surface area contributed by atoms with Crippen molar-refractivity contribution in [2.45, 2.75) is 45.3 Å². The molecular formula is C23H27N3O3. The molecule has 152 valence electrons. The van der Waals surface area contributed by atoms with Crippen LogP contribution in [0.25, 0.3) is 11.1 Å². The lowest BCUT2D eigenvalue weighted by Gasteiger charge is -2.26. The van der Waals surface area contributed by atoms with Crippen LogP contribution in [0.3, 0.4) is 0 Å². The third-order valence-electron chi connectivity index (χ3n) is 5.63. The predicted molar refractivity (Wildman–Crippen MR) is 113 cm³/mol. The summed E-state index contributed by atoms with van der Waals surface area (Å²) >= 11 is 0. The van der Waals surface area contributed by atoms with E-state index >= 15 is 0 Å². The van der Waals surface area contributed by atoms with E-state index in [2.05, 4.69) is 34.5 Å². The molecule has 1 atom stereocenters. The molecule has 3 aromatic rings. The number of nitrogens with one attached hydrogen (secondary N) is 1.